The Morgan fingerprint density at radius 3 is 2.83 bits per heavy atom. The van der Waals surface area contributed by atoms with Crippen LogP contribution in [0.2, 0.25) is 0 Å². The van der Waals surface area contributed by atoms with E-state index in [1.807, 2.05) is 6.07 Å². The van der Waals surface area contributed by atoms with Crippen LogP contribution in [-0.2, 0) is 6.54 Å². The number of rotatable bonds is 5. The molecule has 0 radical (unpaired) electrons. The largest absolute Gasteiger partial charge is 0.505 e. The Morgan fingerprint density at radius 1 is 1.27 bits per heavy atom. The van der Waals surface area contributed by atoms with Gasteiger partial charge in [-0.05, 0) is 30.2 Å². The quantitative estimate of drug-likeness (QED) is 0.580. The van der Waals surface area contributed by atoms with E-state index in [1.165, 1.54) is 12.4 Å². The fourth-order valence-electron chi connectivity index (χ4n) is 3.47. The molecule has 9 heteroatoms. The minimum Gasteiger partial charge on any atom is -0.505 e. The number of nitrogens with one attached hydrogen (secondary N) is 1. The van der Waals surface area contributed by atoms with Crippen molar-refractivity contribution in [3.05, 3.63) is 53.6 Å². The third-order valence-corrected chi connectivity index (χ3v) is 5.18. The molecular weight excluding hydrogens is 384 g/mol. The Hall–Kier alpha value is -3.77. The van der Waals surface area contributed by atoms with Crippen LogP contribution in [0.5, 0.6) is 5.75 Å². The van der Waals surface area contributed by atoms with Gasteiger partial charge in [0.05, 0.1) is 11.7 Å². The van der Waals surface area contributed by atoms with Crippen LogP contribution in [-0.4, -0.2) is 50.8 Å². The highest BCUT2D eigenvalue weighted by Gasteiger charge is 2.23. The number of aliphatic hydroxyl groups is 1. The zero-order chi connectivity index (χ0) is 21.1. The third kappa shape index (κ3) is 3.86. The molecule has 9 nitrogen and oxygen atoms in total. The summed E-state index contributed by atoms with van der Waals surface area (Å²) in [5.74, 6) is 0.251. The standard InChI is InChI=1S/C21H20N6O3/c22-7-15-2-1-13(8-23-15)9-25-21(30)19-20(29)16-3-4-18(26-17(16)10-24-19)27-6-5-14(11-27)12-28/h1-4,8,10,14,28-29H,5-6,9,11-12H2,(H,25,30)/t14-/m1/s1. The number of pyridine rings is 3. The van der Waals surface area contributed by atoms with Crippen LogP contribution in [0.1, 0.15) is 28.2 Å². The number of nitrogens with zero attached hydrogens (tertiary/aromatic N) is 5. The van der Waals surface area contributed by atoms with Crippen molar-refractivity contribution in [3.8, 4) is 11.8 Å². The van der Waals surface area contributed by atoms with Crippen LogP contribution in [0.25, 0.3) is 10.9 Å². The molecule has 0 unspecified atom stereocenters. The number of anilines is 1. The number of aromatic hydroxyl groups is 1. The minimum atomic E-state index is -0.520. The van der Waals surface area contributed by atoms with Crippen LogP contribution in [0, 0.1) is 17.2 Å². The first kappa shape index (κ1) is 19.5. The van der Waals surface area contributed by atoms with E-state index in [-0.39, 0.29) is 30.5 Å². The number of nitriles is 1. The van der Waals surface area contributed by atoms with Gasteiger partial charge in [0.1, 0.15) is 17.6 Å². The van der Waals surface area contributed by atoms with Crippen LogP contribution in [0.15, 0.2) is 36.7 Å². The van der Waals surface area contributed by atoms with Crippen molar-refractivity contribution in [2.75, 3.05) is 24.6 Å². The SMILES string of the molecule is N#Cc1ccc(CNC(=O)c2ncc3nc(N4CC[C@@H](CO)C4)ccc3c2O)cn1. The van der Waals surface area contributed by atoms with Crippen LogP contribution in [0.3, 0.4) is 0 Å². The smallest absolute Gasteiger partial charge is 0.274 e. The lowest BCUT2D eigenvalue weighted by atomic mass is 10.1. The molecule has 1 aliphatic heterocycles. The molecule has 30 heavy (non-hydrogen) atoms. The third-order valence-electron chi connectivity index (χ3n) is 5.18. The summed E-state index contributed by atoms with van der Waals surface area (Å²) < 4.78 is 0. The summed E-state index contributed by atoms with van der Waals surface area (Å²) in [5.41, 5.74) is 1.43. The topological polar surface area (TPSA) is 135 Å². The fourth-order valence-corrected chi connectivity index (χ4v) is 3.47. The zero-order valence-corrected chi connectivity index (χ0v) is 16.1. The lowest BCUT2D eigenvalue weighted by molar-refractivity contribution is 0.0943. The Bertz CT molecular complexity index is 1130. The van der Waals surface area contributed by atoms with E-state index < -0.39 is 5.91 Å². The van der Waals surface area contributed by atoms with Gasteiger partial charge in [-0.15, -0.1) is 0 Å². The van der Waals surface area contributed by atoms with Gasteiger partial charge in [0.15, 0.2) is 11.4 Å². The number of aromatic nitrogens is 3. The highest BCUT2D eigenvalue weighted by Crippen LogP contribution is 2.29. The number of aliphatic hydroxyl groups excluding tert-OH is 1. The summed E-state index contributed by atoms with van der Waals surface area (Å²) in [6, 6.07) is 8.72. The van der Waals surface area contributed by atoms with Gasteiger partial charge in [0.2, 0.25) is 0 Å². The van der Waals surface area contributed by atoms with Gasteiger partial charge < -0.3 is 20.4 Å². The molecule has 0 aliphatic carbocycles. The van der Waals surface area contributed by atoms with Crippen LogP contribution < -0.4 is 10.2 Å². The molecule has 1 fully saturated rings. The van der Waals surface area contributed by atoms with Crippen molar-refractivity contribution < 1.29 is 15.0 Å². The Labute approximate surface area is 172 Å². The maximum Gasteiger partial charge on any atom is 0.274 e. The molecule has 4 heterocycles. The second-order valence-corrected chi connectivity index (χ2v) is 7.19. The van der Waals surface area contributed by atoms with Gasteiger partial charge in [-0.2, -0.15) is 5.26 Å². The van der Waals surface area contributed by atoms with Crippen molar-refractivity contribution in [2.45, 2.75) is 13.0 Å². The Kier molecular flexibility index (Phi) is 5.41. The van der Waals surface area contributed by atoms with E-state index in [2.05, 4.69) is 25.2 Å². The molecule has 0 bridgehead atoms. The van der Waals surface area contributed by atoms with E-state index in [1.54, 1.807) is 24.3 Å². The summed E-state index contributed by atoms with van der Waals surface area (Å²) in [4.78, 5) is 27.2. The molecule has 0 saturated carbocycles. The summed E-state index contributed by atoms with van der Waals surface area (Å²) >= 11 is 0. The summed E-state index contributed by atoms with van der Waals surface area (Å²) in [6.45, 7) is 1.89. The van der Waals surface area contributed by atoms with Crippen molar-refractivity contribution >= 4 is 22.6 Å². The molecule has 3 N–H and O–H groups in total. The molecule has 4 rings (SSSR count). The molecule has 3 aromatic rings. The first-order valence-corrected chi connectivity index (χ1v) is 9.57. The van der Waals surface area contributed by atoms with E-state index in [4.69, 9.17) is 5.26 Å². The molecule has 3 aromatic heterocycles. The lowest BCUT2D eigenvalue weighted by Crippen LogP contribution is -2.24. The maximum absolute atomic E-state index is 12.5. The predicted octanol–water partition coefficient (Wildman–Crippen LogP) is 1.35. The highest BCUT2D eigenvalue weighted by atomic mass is 16.3. The summed E-state index contributed by atoms with van der Waals surface area (Å²) in [6.07, 6.45) is 3.89. The van der Waals surface area contributed by atoms with E-state index in [9.17, 15) is 15.0 Å². The average molecular weight is 404 g/mol. The fraction of sp³-hybridized carbons (Fsp3) is 0.286. The van der Waals surface area contributed by atoms with Crippen molar-refractivity contribution in [1.29, 1.82) is 5.26 Å². The van der Waals surface area contributed by atoms with E-state index in [0.29, 0.717) is 16.6 Å². The van der Waals surface area contributed by atoms with E-state index >= 15 is 0 Å². The average Bonchev–Trinajstić information content (AvgIpc) is 3.27. The number of fused-ring (bicyclic) bond motifs is 1. The second kappa shape index (κ2) is 8.31. The molecule has 0 aromatic carbocycles. The van der Waals surface area contributed by atoms with Gasteiger partial charge in [-0.3, -0.25) is 4.79 Å². The Morgan fingerprint density at radius 2 is 2.13 bits per heavy atom. The first-order valence-electron chi connectivity index (χ1n) is 9.57. The number of hydrogen-bond acceptors (Lipinski definition) is 8. The predicted molar refractivity (Wildman–Crippen MR) is 109 cm³/mol. The normalized spacial score (nSPS) is 15.9. The first-order chi connectivity index (χ1) is 14.6. The van der Waals surface area contributed by atoms with Gasteiger partial charge in [-0.1, -0.05) is 6.07 Å². The monoisotopic (exact) mass is 404 g/mol. The van der Waals surface area contributed by atoms with Crippen molar-refractivity contribution in [2.24, 2.45) is 5.92 Å². The molecule has 1 saturated heterocycles. The lowest BCUT2D eigenvalue weighted by Gasteiger charge is -2.18. The maximum atomic E-state index is 12.5. The molecular formula is C21H20N6O3. The van der Waals surface area contributed by atoms with Crippen LogP contribution in [0.4, 0.5) is 5.82 Å². The van der Waals surface area contributed by atoms with Gasteiger partial charge >= 0.3 is 0 Å². The van der Waals surface area contributed by atoms with Crippen LogP contribution >= 0.6 is 0 Å². The highest BCUT2D eigenvalue weighted by molar-refractivity contribution is 6.00. The number of carbonyl (C=O) groups is 1. The number of amides is 1. The summed E-state index contributed by atoms with van der Waals surface area (Å²) in [7, 11) is 0. The number of hydrogen-bond donors (Lipinski definition) is 3. The molecule has 1 atom stereocenters. The summed E-state index contributed by atoms with van der Waals surface area (Å²) in [5, 5.41) is 31.8. The molecule has 0 spiro atoms. The molecule has 1 aliphatic rings. The van der Waals surface area contributed by atoms with E-state index in [0.717, 1.165) is 30.9 Å². The van der Waals surface area contributed by atoms with Gasteiger partial charge in [-0.25, -0.2) is 15.0 Å². The Balaban J connectivity index is 1.50. The van der Waals surface area contributed by atoms with Gasteiger partial charge in [0.25, 0.3) is 5.91 Å². The van der Waals surface area contributed by atoms with Crippen molar-refractivity contribution in [1.82, 2.24) is 20.3 Å². The zero-order valence-electron chi connectivity index (χ0n) is 16.1. The molecule has 1 amide bonds. The number of carbonyl (C=O) groups excluding carboxylic acids is 1. The minimum absolute atomic E-state index is 0.0832. The second-order valence-electron chi connectivity index (χ2n) is 7.19. The van der Waals surface area contributed by atoms with Gasteiger partial charge in [0, 0.05) is 43.7 Å². The van der Waals surface area contributed by atoms with Crippen molar-refractivity contribution in [3.63, 3.8) is 0 Å². The molecule has 152 valence electrons.